The second kappa shape index (κ2) is 7.81. The van der Waals surface area contributed by atoms with Gasteiger partial charge in [-0.25, -0.2) is 4.98 Å². The molecule has 0 spiro atoms. The van der Waals surface area contributed by atoms with Gasteiger partial charge < -0.3 is 15.4 Å². The minimum atomic E-state index is -0.248. The second-order valence-electron chi connectivity index (χ2n) is 5.43. The fourth-order valence-electron chi connectivity index (χ4n) is 2.31. The zero-order chi connectivity index (χ0) is 18.4. The van der Waals surface area contributed by atoms with Gasteiger partial charge in [0.1, 0.15) is 11.6 Å². The highest BCUT2D eigenvalue weighted by Gasteiger charge is 2.07. The van der Waals surface area contributed by atoms with Gasteiger partial charge in [-0.15, -0.1) is 0 Å². The summed E-state index contributed by atoms with van der Waals surface area (Å²) in [7, 11) is 1.57. The van der Waals surface area contributed by atoms with Crippen molar-refractivity contribution in [3.63, 3.8) is 0 Å². The van der Waals surface area contributed by atoms with Gasteiger partial charge in [-0.3, -0.25) is 4.79 Å². The van der Waals surface area contributed by atoms with Crippen LogP contribution in [0.15, 0.2) is 66.9 Å². The molecule has 0 saturated heterocycles. The fourth-order valence-corrected chi connectivity index (χ4v) is 2.31. The Bertz CT molecular complexity index is 945. The number of rotatable bonds is 5. The Morgan fingerprint density at radius 2 is 1.88 bits per heavy atom. The lowest BCUT2D eigenvalue weighted by atomic mass is 10.2. The van der Waals surface area contributed by atoms with Gasteiger partial charge in [-0.05, 0) is 54.6 Å². The summed E-state index contributed by atoms with van der Waals surface area (Å²) in [6.45, 7) is 0. The van der Waals surface area contributed by atoms with Crippen molar-refractivity contribution in [2.24, 2.45) is 0 Å². The van der Waals surface area contributed by atoms with E-state index in [1.165, 1.54) is 0 Å². The van der Waals surface area contributed by atoms with Crippen LogP contribution in [0, 0.1) is 11.3 Å². The van der Waals surface area contributed by atoms with Gasteiger partial charge in [0.25, 0.3) is 5.91 Å². The van der Waals surface area contributed by atoms with Crippen molar-refractivity contribution in [3.05, 3.63) is 78.0 Å². The van der Waals surface area contributed by atoms with E-state index in [-0.39, 0.29) is 5.91 Å². The lowest BCUT2D eigenvalue weighted by Gasteiger charge is -2.08. The largest absolute Gasteiger partial charge is 0.497 e. The van der Waals surface area contributed by atoms with E-state index >= 15 is 0 Å². The molecular weight excluding hydrogens is 328 g/mol. The van der Waals surface area contributed by atoms with E-state index in [4.69, 9.17) is 10.00 Å². The van der Waals surface area contributed by atoms with E-state index in [1.54, 1.807) is 67.9 Å². The third-order valence-electron chi connectivity index (χ3n) is 3.64. The fraction of sp³-hybridized carbons (Fsp3) is 0.0500. The molecule has 0 bridgehead atoms. The molecule has 1 aromatic heterocycles. The molecule has 0 aliphatic carbocycles. The van der Waals surface area contributed by atoms with Crippen LogP contribution in [-0.2, 0) is 0 Å². The highest BCUT2D eigenvalue weighted by atomic mass is 16.5. The van der Waals surface area contributed by atoms with Crippen molar-refractivity contribution >= 4 is 23.1 Å². The van der Waals surface area contributed by atoms with Gasteiger partial charge in [0.2, 0.25) is 0 Å². The molecule has 0 aliphatic rings. The molecule has 128 valence electrons. The Morgan fingerprint density at radius 3 is 2.54 bits per heavy atom. The van der Waals surface area contributed by atoms with Crippen molar-refractivity contribution in [1.82, 2.24) is 4.98 Å². The molecular formula is C20H16N4O2. The number of hydrogen-bond acceptors (Lipinski definition) is 5. The van der Waals surface area contributed by atoms with Gasteiger partial charge in [-0.2, -0.15) is 5.26 Å². The smallest absolute Gasteiger partial charge is 0.256 e. The number of hydrogen-bond donors (Lipinski definition) is 2. The molecule has 1 amide bonds. The first-order valence-corrected chi connectivity index (χ1v) is 7.86. The Hall–Kier alpha value is -3.85. The lowest BCUT2D eigenvalue weighted by Crippen LogP contribution is -2.12. The van der Waals surface area contributed by atoms with Gasteiger partial charge in [-0.1, -0.05) is 6.07 Å². The van der Waals surface area contributed by atoms with Gasteiger partial charge in [0.05, 0.1) is 30.6 Å². The van der Waals surface area contributed by atoms with Gasteiger partial charge in [0, 0.05) is 11.3 Å². The molecule has 1 heterocycles. The Balaban J connectivity index is 1.65. The van der Waals surface area contributed by atoms with Gasteiger partial charge in [0.15, 0.2) is 0 Å². The summed E-state index contributed by atoms with van der Waals surface area (Å²) in [5.74, 6) is 0.889. The molecule has 0 unspecified atom stereocenters. The summed E-state index contributed by atoms with van der Waals surface area (Å²) in [5.41, 5.74) is 2.64. The molecule has 0 atom stereocenters. The summed E-state index contributed by atoms with van der Waals surface area (Å²) < 4.78 is 5.07. The van der Waals surface area contributed by atoms with Crippen LogP contribution < -0.4 is 15.4 Å². The molecule has 0 saturated carbocycles. The number of nitrogens with one attached hydrogen (secondary N) is 2. The van der Waals surface area contributed by atoms with Crippen molar-refractivity contribution in [2.75, 3.05) is 17.7 Å². The standard InChI is InChI=1S/C20H16N4O2/c1-26-18-8-5-15(6-9-18)20(25)24-19-10-7-17(13-22-19)23-16-4-2-3-14(11-16)12-21/h2-11,13,23H,1H3,(H,22,24,25). The molecule has 0 fully saturated rings. The number of pyridine rings is 1. The van der Waals surface area contributed by atoms with E-state index in [0.717, 1.165) is 11.4 Å². The van der Waals surface area contributed by atoms with Crippen LogP contribution in [0.5, 0.6) is 5.75 Å². The van der Waals surface area contributed by atoms with E-state index < -0.39 is 0 Å². The Labute approximate surface area is 151 Å². The number of carbonyl (C=O) groups excluding carboxylic acids is 1. The Kier molecular flexibility index (Phi) is 5.11. The minimum absolute atomic E-state index is 0.248. The maximum Gasteiger partial charge on any atom is 0.256 e. The molecule has 2 N–H and O–H groups in total. The quantitative estimate of drug-likeness (QED) is 0.731. The second-order valence-corrected chi connectivity index (χ2v) is 5.43. The number of carbonyl (C=O) groups is 1. The summed E-state index contributed by atoms with van der Waals surface area (Å²) in [6, 6.07) is 19.6. The first-order valence-electron chi connectivity index (χ1n) is 7.86. The number of nitrogens with zero attached hydrogens (tertiary/aromatic N) is 2. The van der Waals surface area contributed by atoms with Crippen molar-refractivity contribution < 1.29 is 9.53 Å². The molecule has 3 rings (SSSR count). The zero-order valence-electron chi connectivity index (χ0n) is 14.1. The zero-order valence-corrected chi connectivity index (χ0v) is 14.1. The van der Waals surface area contributed by atoms with Crippen molar-refractivity contribution in [1.29, 1.82) is 5.26 Å². The van der Waals surface area contributed by atoms with E-state index in [0.29, 0.717) is 22.7 Å². The summed E-state index contributed by atoms with van der Waals surface area (Å²) in [6.07, 6.45) is 1.61. The van der Waals surface area contributed by atoms with E-state index in [1.807, 2.05) is 6.07 Å². The third kappa shape index (κ3) is 4.16. The van der Waals surface area contributed by atoms with Crippen molar-refractivity contribution in [3.8, 4) is 11.8 Å². The summed E-state index contributed by atoms with van der Waals surface area (Å²) in [4.78, 5) is 16.5. The predicted molar refractivity (Wildman–Crippen MR) is 99.6 cm³/mol. The predicted octanol–water partition coefficient (Wildman–Crippen LogP) is 3.96. The first-order chi connectivity index (χ1) is 12.7. The van der Waals surface area contributed by atoms with Crippen LogP contribution in [0.3, 0.4) is 0 Å². The van der Waals surface area contributed by atoms with E-state index in [9.17, 15) is 4.79 Å². The molecule has 6 nitrogen and oxygen atoms in total. The molecule has 26 heavy (non-hydrogen) atoms. The number of methoxy groups -OCH3 is 1. The van der Waals surface area contributed by atoms with E-state index in [2.05, 4.69) is 21.7 Å². The highest BCUT2D eigenvalue weighted by molar-refractivity contribution is 6.03. The number of ether oxygens (including phenoxy) is 1. The van der Waals surface area contributed by atoms with Crippen LogP contribution in [0.1, 0.15) is 15.9 Å². The normalized spacial score (nSPS) is 9.85. The van der Waals surface area contributed by atoms with Crippen molar-refractivity contribution in [2.45, 2.75) is 0 Å². The number of benzene rings is 2. The first kappa shape index (κ1) is 17.0. The number of amides is 1. The molecule has 0 radical (unpaired) electrons. The average molecular weight is 344 g/mol. The van der Waals surface area contributed by atoms with Crippen LogP contribution in [0.2, 0.25) is 0 Å². The number of anilines is 3. The molecule has 0 aliphatic heterocycles. The number of nitriles is 1. The van der Waals surface area contributed by atoms with Crippen LogP contribution >= 0.6 is 0 Å². The highest BCUT2D eigenvalue weighted by Crippen LogP contribution is 2.18. The molecule has 2 aromatic carbocycles. The van der Waals surface area contributed by atoms with Crippen LogP contribution in [0.25, 0.3) is 0 Å². The SMILES string of the molecule is COc1ccc(C(=O)Nc2ccc(Nc3cccc(C#N)c3)cn2)cc1. The van der Waals surface area contributed by atoms with Gasteiger partial charge >= 0.3 is 0 Å². The summed E-state index contributed by atoms with van der Waals surface area (Å²) in [5, 5.41) is 14.8. The summed E-state index contributed by atoms with van der Waals surface area (Å²) >= 11 is 0. The number of aromatic nitrogens is 1. The third-order valence-corrected chi connectivity index (χ3v) is 3.64. The maximum absolute atomic E-state index is 12.2. The molecule has 6 heteroatoms. The van der Waals surface area contributed by atoms with Crippen LogP contribution in [-0.4, -0.2) is 18.0 Å². The van der Waals surface area contributed by atoms with Crippen LogP contribution in [0.4, 0.5) is 17.2 Å². The lowest BCUT2D eigenvalue weighted by molar-refractivity contribution is 0.102. The minimum Gasteiger partial charge on any atom is -0.497 e. The average Bonchev–Trinajstić information content (AvgIpc) is 2.69. The molecule has 3 aromatic rings. The monoisotopic (exact) mass is 344 g/mol. The maximum atomic E-state index is 12.2. The Morgan fingerprint density at radius 1 is 1.08 bits per heavy atom. The topological polar surface area (TPSA) is 87.0 Å².